The molecule has 7 heteroatoms. The van der Waals surface area contributed by atoms with E-state index < -0.39 is 24.1 Å². The zero-order chi connectivity index (χ0) is 13.7. The summed E-state index contributed by atoms with van der Waals surface area (Å²) in [6.07, 6.45) is 0.736. The Bertz CT molecular complexity index is 302. The molecular formula is C11H20N2O5. The number of carbonyl (C=O) groups excluding carboxylic acids is 1. The van der Waals surface area contributed by atoms with Crippen molar-refractivity contribution in [2.45, 2.75) is 38.0 Å². The van der Waals surface area contributed by atoms with Gasteiger partial charge in [-0.05, 0) is 19.8 Å². The molecule has 0 spiro atoms. The zero-order valence-corrected chi connectivity index (χ0v) is 10.6. The molecule has 1 heterocycles. The van der Waals surface area contributed by atoms with Crippen LogP contribution < -0.4 is 5.32 Å². The van der Waals surface area contributed by atoms with Gasteiger partial charge in [0.2, 0.25) is 0 Å². The van der Waals surface area contributed by atoms with E-state index in [1.165, 1.54) is 11.8 Å². The van der Waals surface area contributed by atoms with Gasteiger partial charge in [0.15, 0.2) is 6.04 Å². The standard InChI is InChI=1S/C11H20N2O5/c1-7(14)9(10(15)16)12-11(17)13(2)6-8-4-3-5-18-8/h7-9,14H,3-6H2,1-2H3,(H,12,17)(H,15,16). The summed E-state index contributed by atoms with van der Waals surface area (Å²) in [5.74, 6) is -1.26. The number of nitrogens with one attached hydrogen (secondary N) is 1. The number of carboxylic acids is 1. The Balaban J connectivity index is 2.44. The number of amides is 2. The van der Waals surface area contributed by atoms with Crippen LogP contribution in [0.3, 0.4) is 0 Å². The zero-order valence-electron chi connectivity index (χ0n) is 10.6. The van der Waals surface area contributed by atoms with E-state index in [0.717, 1.165) is 12.8 Å². The fraction of sp³-hybridized carbons (Fsp3) is 0.818. The number of carbonyl (C=O) groups is 2. The van der Waals surface area contributed by atoms with Gasteiger partial charge in [-0.1, -0.05) is 0 Å². The van der Waals surface area contributed by atoms with Gasteiger partial charge in [-0.25, -0.2) is 9.59 Å². The summed E-state index contributed by atoms with van der Waals surface area (Å²) < 4.78 is 5.39. The number of carboxylic acid groups (broad SMARTS) is 1. The molecule has 7 nitrogen and oxygen atoms in total. The van der Waals surface area contributed by atoms with E-state index in [1.54, 1.807) is 7.05 Å². The molecule has 2 amide bonds. The van der Waals surface area contributed by atoms with E-state index in [0.29, 0.717) is 13.2 Å². The van der Waals surface area contributed by atoms with Gasteiger partial charge in [0.25, 0.3) is 0 Å². The highest BCUT2D eigenvalue weighted by Crippen LogP contribution is 2.12. The van der Waals surface area contributed by atoms with Crippen molar-refractivity contribution in [3.63, 3.8) is 0 Å². The van der Waals surface area contributed by atoms with Crippen LogP contribution in [0.1, 0.15) is 19.8 Å². The molecule has 1 rings (SSSR count). The monoisotopic (exact) mass is 260 g/mol. The van der Waals surface area contributed by atoms with Crippen LogP contribution in [0, 0.1) is 0 Å². The normalized spacial score (nSPS) is 22.3. The lowest BCUT2D eigenvalue weighted by atomic mass is 10.2. The second kappa shape index (κ2) is 6.55. The lowest BCUT2D eigenvalue weighted by Gasteiger charge is -2.24. The van der Waals surface area contributed by atoms with E-state index in [1.807, 2.05) is 0 Å². The maximum absolute atomic E-state index is 11.7. The minimum Gasteiger partial charge on any atom is -0.480 e. The summed E-state index contributed by atoms with van der Waals surface area (Å²) in [5.41, 5.74) is 0. The fourth-order valence-electron chi connectivity index (χ4n) is 1.81. The third-order valence-corrected chi connectivity index (χ3v) is 2.88. The van der Waals surface area contributed by atoms with Crippen molar-refractivity contribution in [3.05, 3.63) is 0 Å². The molecule has 0 aromatic carbocycles. The number of nitrogens with zero attached hydrogens (tertiary/aromatic N) is 1. The number of hydrogen-bond acceptors (Lipinski definition) is 4. The maximum Gasteiger partial charge on any atom is 0.328 e. The lowest BCUT2D eigenvalue weighted by molar-refractivity contribution is -0.141. The van der Waals surface area contributed by atoms with Crippen LogP contribution in [0.15, 0.2) is 0 Å². The van der Waals surface area contributed by atoms with Crippen LogP contribution in [-0.4, -0.2) is 65.6 Å². The van der Waals surface area contributed by atoms with Gasteiger partial charge >= 0.3 is 12.0 Å². The predicted octanol–water partition coefficient (Wildman–Crippen LogP) is -0.359. The van der Waals surface area contributed by atoms with Crippen LogP contribution >= 0.6 is 0 Å². The summed E-state index contributed by atoms with van der Waals surface area (Å²) in [6, 6.07) is -1.83. The van der Waals surface area contributed by atoms with Crippen molar-refractivity contribution < 1.29 is 24.5 Å². The molecule has 1 fully saturated rings. The average molecular weight is 260 g/mol. The Labute approximate surface area is 106 Å². The fourth-order valence-corrected chi connectivity index (χ4v) is 1.81. The molecule has 3 atom stereocenters. The minimum absolute atomic E-state index is 0.00979. The molecule has 1 saturated heterocycles. The van der Waals surface area contributed by atoms with Gasteiger partial charge in [0.05, 0.1) is 12.2 Å². The molecule has 18 heavy (non-hydrogen) atoms. The van der Waals surface area contributed by atoms with E-state index in [2.05, 4.69) is 5.32 Å². The quantitative estimate of drug-likeness (QED) is 0.627. The van der Waals surface area contributed by atoms with Gasteiger partial charge in [-0.3, -0.25) is 0 Å². The minimum atomic E-state index is -1.30. The van der Waals surface area contributed by atoms with Crippen LogP contribution in [0.4, 0.5) is 4.79 Å². The molecule has 0 bridgehead atoms. The van der Waals surface area contributed by atoms with Crippen molar-refractivity contribution in [3.8, 4) is 0 Å². The Hall–Kier alpha value is -1.34. The number of aliphatic carboxylic acids is 1. The maximum atomic E-state index is 11.7. The second-order valence-corrected chi connectivity index (χ2v) is 4.52. The van der Waals surface area contributed by atoms with Crippen LogP contribution in [0.2, 0.25) is 0 Å². The molecular weight excluding hydrogens is 240 g/mol. The molecule has 0 saturated carbocycles. The van der Waals surface area contributed by atoms with Crippen LogP contribution in [0.25, 0.3) is 0 Å². The molecule has 104 valence electrons. The van der Waals surface area contributed by atoms with E-state index in [9.17, 15) is 14.7 Å². The molecule has 0 aliphatic carbocycles. The number of urea groups is 1. The summed E-state index contributed by atoms with van der Waals surface area (Å²) >= 11 is 0. The first kappa shape index (κ1) is 14.7. The van der Waals surface area contributed by atoms with Crippen molar-refractivity contribution in [1.82, 2.24) is 10.2 Å². The van der Waals surface area contributed by atoms with E-state index >= 15 is 0 Å². The molecule has 3 unspecified atom stereocenters. The Morgan fingerprint density at radius 1 is 1.56 bits per heavy atom. The van der Waals surface area contributed by atoms with Gasteiger partial charge in [0.1, 0.15) is 0 Å². The van der Waals surface area contributed by atoms with Crippen molar-refractivity contribution in [2.24, 2.45) is 0 Å². The number of likely N-dealkylation sites (N-methyl/N-ethyl adjacent to an activating group) is 1. The number of ether oxygens (including phenoxy) is 1. The van der Waals surface area contributed by atoms with Crippen molar-refractivity contribution >= 4 is 12.0 Å². The molecule has 0 radical (unpaired) electrons. The number of hydrogen-bond donors (Lipinski definition) is 3. The molecule has 0 aromatic rings. The van der Waals surface area contributed by atoms with Crippen molar-refractivity contribution in [1.29, 1.82) is 0 Å². The average Bonchev–Trinajstić information content (AvgIpc) is 2.77. The molecule has 1 aliphatic heterocycles. The Kier molecular flexibility index (Phi) is 5.36. The van der Waals surface area contributed by atoms with Gasteiger partial charge in [0, 0.05) is 20.2 Å². The number of rotatable bonds is 5. The molecule has 3 N–H and O–H groups in total. The highest BCUT2D eigenvalue weighted by Gasteiger charge is 2.27. The largest absolute Gasteiger partial charge is 0.480 e. The molecule has 0 aromatic heterocycles. The lowest BCUT2D eigenvalue weighted by Crippen LogP contribution is -2.52. The summed E-state index contributed by atoms with van der Waals surface area (Å²) in [7, 11) is 1.57. The van der Waals surface area contributed by atoms with Crippen LogP contribution in [0.5, 0.6) is 0 Å². The Morgan fingerprint density at radius 2 is 2.22 bits per heavy atom. The van der Waals surface area contributed by atoms with Crippen LogP contribution in [-0.2, 0) is 9.53 Å². The van der Waals surface area contributed by atoms with E-state index in [-0.39, 0.29) is 6.10 Å². The molecule has 1 aliphatic rings. The number of aliphatic hydroxyl groups excluding tert-OH is 1. The first-order chi connectivity index (χ1) is 8.41. The summed E-state index contributed by atoms with van der Waals surface area (Å²) in [5, 5.41) is 20.4. The third kappa shape index (κ3) is 4.15. The van der Waals surface area contributed by atoms with Gasteiger partial charge in [-0.15, -0.1) is 0 Å². The third-order valence-electron chi connectivity index (χ3n) is 2.88. The van der Waals surface area contributed by atoms with Crippen molar-refractivity contribution in [2.75, 3.05) is 20.2 Å². The Morgan fingerprint density at radius 3 is 2.67 bits per heavy atom. The first-order valence-electron chi connectivity index (χ1n) is 5.96. The predicted molar refractivity (Wildman–Crippen MR) is 63.2 cm³/mol. The SMILES string of the molecule is CC(O)C(NC(=O)N(C)CC1CCCO1)C(=O)O. The first-order valence-corrected chi connectivity index (χ1v) is 5.96. The van der Waals surface area contributed by atoms with Gasteiger partial charge in [-0.2, -0.15) is 0 Å². The highest BCUT2D eigenvalue weighted by molar-refractivity contribution is 5.82. The smallest absolute Gasteiger partial charge is 0.328 e. The topological polar surface area (TPSA) is 99.1 Å². The number of aliphatic hydroxyl groups is 1. The second-order valence-electron chi connectivity index (χ2n) is 4.52. The van der Waals surface area contributed by atoms with Gasteiger partial charge < -0.3 is 25.2 Å². The summed E-state index contributed by atoms with van der Waals surface area (Å²) in [6.45, 7) is 2.43. The van der Waals surface area contributed by atoms with E-state index in [4.69, 9.17) is 9.84 Å². The summed E-state index contributed by atoms with van der Waals surface area (Å²) in [4.78, 5) is 23.9. The highest BCUT2D eigenvalue weighted by atomic mass is 16.5.